The van der Waals surface area contributed by atoms with Crippen molar-refractivity contribution in [2.75, 3.05) is 6.61 Å². The molecule has 1 heterocycles. The number of benzene rings is 2. The molecule has 0 spiro atoms. The molecule has 1 N–H and O–H groups in total. The third kappa shape index (κ3) is 2.94. The SMILES string of the molecule is OCC1CCc2cc(OCc3ccccc3)ccc2O1. The van der Waals surface area contributed by atoms with Gasteiger partial charge < -0.3 is 14.6 Å². The number of fused-ring (bicyclic) bond motifs is 1. The van der Waals surface area contributed by atoms with E-state index in [1.54, 1.807) is 0 Å². The monoisotopic (exact) mass is 270 g/mol. The molecular weight excluding hydrogens is 252 g/mol. The van der Waals surface area contributed by atoms with E-state index < -0.39 is 0 Å². The van der Waals surface area contributed by atoms with Gasteiger partial charge in [-0.05, 0) is 42.2 Å². The minimum Gasteiger partial charge on any atom is -0.489 e. The molecule has 0 fully saturated rings. The molecule has 3 heteroatoms. The molecule has 3 nitrogen and oxygen atoms in total. The highest BCUT2D eigenvalue weighted by molar-refractivity contribution is 5.41. The summed E-state index contributed by atoms with van der Waals surface area (Å²) in [5, 5.41) is 9.13. The highest BCUT2D eigenvalue weighted by Crippen LogP contribution is 2.31. The number of aryl methyl sites for hydroxylation is 1. The van der Waals surface area contributed by atoms with Crippen LogP contribution in [-0.4, -0.2) is 17.8 Å². The van der Waals surface area contributed by atoms with Crippen molar-refractivity contribution in [2.24, 2.45) is 0 Å². The summed E-state index contributed by atoms with van der Waals surface area (Å²) in [7, 11) is 0. The second-order valence-electron chi connectivity index (χ2n) is 5.00. The summed E-state index contributed by atoms with van der Waals surface area (Å²) >= 11 is 0. The Morgan fingerprint density at radius 3 is 2.80 bits per heavy atom. The van der Waals surface area contributed by atoms with Crippen LogP contribution in [0.1, 0.15) is 17.5 Å². The number of rotatable bonds is 4. The maximum atomic E-state index is 9.13. The lowest BCUT2D eigenvalue weighted by atomic mass is 10.0. The summed E-state index contributed by atoms with van der Waals surface area (Å²) in [4.78, 5) is 0. The molecular formula is C17H18O3. The van der Waals surface area contributed by atoms with Gasteiger partial charge in [-0.15, -0.1) is 0 Å². The summed E-state index contributed by atoms with van der Waals surface area (Å²) in [5.74, 6) is 1.72. The van der Waals surface area contributed by atoms with Crippen LogP contribution in [0.2, 0.25) is 0 Å². The molecule has 20 heavy (non-hydrogen) atoms. The van der Waals surface area contributed by atoms with Crippen LogP contribution in [-0.2, 0) is 13.0 Å². The fraction of sp³-hybridized carbons (Fsp3) is 0.294. The van der Waals surface area contributed by atoms with Crippen LogP contribution in [0, 0.1) is 0 Å². The minimum absolute atomic E-state index is 0.0708. The minimum atomic E-state index is -0.0708. The summed E-state index contributed by atoms with van der Waals surface area (Å²) in [6, 6.07) is 16.0. The number of ether oxygens (including phenoxy) is 2. The number of hydrogen-bond acceptors (Lipinski definition) is 3. The average Bonchev–Trinajstić information content (AvgIpc) is 2.53. The zero-order chi connectivity index (χ0) is 13.8. The largest absolute Gasteiger partial charge is 0.489 e. The maximum Gasteiger partial charge on any atom is 0.123 e. The maximum absolute atomic E-state index is 9.13. The predicted molar refractivity (Wildman–Crippen MR) is 77.0 cm³/mol. The molecule has 3 rings (SSSR count). The van der Waals surface area contributed by atoms with E-state index in [1.807, 2.05) is 48.5 Å². The van der Waals surface area contributed by atoms with Gasteiger partial charge in [-0.25, -0.2) is 0 Å². The number of hydrogen-bond donors (Lipinski definition) is 1. The van der Waals surface area contributed by atoms with Crippen molar-refractivity contribution in [2.45, 2.75) is 25.6 Å². The Morgan fingerprint density at radius 2 is 2.00 bits per heavy atom. The van der Waals surface area contributed by atoms with E-state index in [9.17, 15) is 0 Å². The molecule has 0 saturated carbocycles. The molecule has 0 bridgehead atoms. The molecule has 0 aromatic heterocycles. The summed E-state index contributed by atoms with van der Waals surface area (Å²) in [5.41, 5.74) is 2.31. The molecule has 2 aromatic carbocycles. The van der Waals surface area contributed by atoms with E-state index in [0.717, 1.165) is 35.5 Å². The fourth-order valence-electron chi connectivity index (χ4n) is 2.38. The summed E-state index contributed by atoms with van der Waals surface area (Å²) in [6.07, 6.45) is 1.70. The van der Waals surface area contributed by atoms with Crippen LogP contribution in [0.5, 0.6) is 11.5 Å². The summed E-state index contributed by atoms with van der Waals surface area (Å²) < 4.78 is 11.5. The Kier molecular flexibility index (Phi) is 3.88. The quantitative estimate of drug-likeness (QED) is 0.928. The zero-order valence-electron chi connectivity index (χ0n) is 11.3. The van der Waals surface area contributed by atoms with E-state index in [4.69, 9.17) is 14.6 Å². The Labute approximate surface area is 118 Å². The highest BCUT2D eigenvalue weighted by Gasteiger charge is 2.19. The first kappa shape index (κ1) is 13.0. The molecule has 0 radical (unpaired) electrons. The van der Waals surface area contributed by atoms with Crippen LogP contribution in [0.3, 0.4) is 0 Å². The van der Waals surface area contributed by atoms with Crippen molar-refractivity contribution in [3.63, 3.8) is 0 Å². The Bertz CT molecular complexity index is 566. The molecule has 0 amide bonds. The molecule has 1 aliphatic heterocycles. The van der Waals surface area contributed by atoms with Gasteiger partial charge in [0, 0.05) is 0 Å². The van der Waals surface area contributed by atoms with Gasteiger partial charge in [-0.2, -0.15) is 0 Å². The van der Waals surface area contributed by atoms with Crippen molar-refractivity contribution < 1.29 is 14.6 Å². The molecule has 0 aliphatic carbocycles. The zero-order valence-corrected chi connectivity index (χ0v) is 11.3. The Hall–Kier alpha value is -2.00. The smallest absolute Gasteiger partial charge is 0.123 e. The molecule has 2 aromatic rings. The lowest BCUT2D eigenvalue weighted by molar-refractivity contribution is 0.0976. The second-order valence-corrected chi connectivity index (χ2v) is 5.00. The van der Waals surface area contributed by atoms with Crippen LogP contribution >= 0.6 is 0 Å². The lowest BCUT2D eigenvalue weighted by Gasteiger charge is -2.25. The molecule has 1 unspecified atom stereocenters. The van der Waals surface area contributed by atoms with Crippen molar-refractivity contribution in [1.82, 2.24) is 0 Å². The first-order chi connectivity index (χ1) is 9.85. The normalized spacial score (nSPS) is 17.1. The third-order valence-corrected chi connectivity index (χ3v) is 3.51. The molecule has 1 aliphatic rings. The van der Waals surface area contributed by atoms with Gasteiger partial charge in [0.2, 0.25) is 0 Å². The first-order valence-electron chi connectivity index (χ1n) is 6.92. The Balaban J connectivity index is 1.67. The van der Waals surface area contributed by atoms with Gasteiger partial charge >= 0.3 is 0 Å². The van der Waals surface area contributed by atoms with E-state index in [-0.39, 0.29) is 12.7 Å². The molecule has 0 saturated heterocycles. The molecule has 104 valence electrons. The van der Waals surface area contributed by atoms with Crippen molar-refractivity contribution >= 4 is 0 Å². The van der Waals surface area contributed by atoms with E-state index >= 15 is 0 Å². The van der Waals surface area contributed by atoms with E-state index in [1.165, 1.54) is 0 Å². The lowest BCUT2D eigenvalue weighted by Crippen LogP contribution is -2.26. The van der Waals surface area contributed by atoms with Crippen molar-refractivity contribution in [3.8, 4) is 11.5 Å². The van der Waals surface area contributed by atoms with Gasteiger partial charge in [0.25, 0.3) is 0 Å². The van der Waals surface area contributed by atoms with Gasteiger partial charge in [-0.1, -0.05) is 30.3 Å². The van der Waals surface area contributed by atoms with Crippen LogP contribution in [0.4, 0.5) is 0 Å². The number of aliphatic hydroxyl groups excluding tert-OH is 1. The highest BCUT2D eigenvalue weighted by atomic mass is 16.5. The van der Waals surface area contributed by atoms with E-state index in [2.05, 4.69) is 0 Å². The fourth-order valence-corrected chi connectivity index (χ4v) is 2.38. The van der Waals surface area contributed by atoms with Gasteiger partial charge in [0.15, 0.2) is 0 Å². The summed E-state index contributed by atoms with van der Waals surface area (Å²) in [6.45, 7) is 0.644. The van der Waals surface area contributed by atoms with Crippen molar-refractivity contribution in [3.05, 3.63) is 59.7 Å². The predicted octanol–water partition coefficient (Wildman–Crippen LogP) is 2.95. The molecule has 1 atom stereocenters. The Morgan fingerprint density at radius 1 is 1.15 bits per heavy atom. The van der Waals surface area contributed by atoms with Gasteiger partial charge in [0.05, 0.1) is 6.61 Å². The third-order valence-electron chi connectivity index (χ3n) is 3.51. The number of aliphatic hydroxyl groups is 1. The van der Waals surface area contributed by atoms with Crippen LogP contribution in [0.25, 0.3) is 0 Å². The van der Waals surface area contributed by atoms with E-state index in [0.29, 0.717) is 6.61 Å². The standard InChI is InChI=1S/C17H18O3/c18-11-16-7-6-14-10-15(8-9-17(14)20-16)19-12-13-4-2-1-3-5-13/h1-5,8-10,16,18H,6-7,11-12H2. The van der Waals surface area contributed by atoms with Crippen molar-refractivity contribution in [1.29, 1.82) is 0 Å². The first-order valence-corrected chi connectivity index (χ1v) is 6.92. The van der Waals surface area contributed by atoms with Gasteiger partial charge in [-0.3, -0.25) is 0 Å². The van der Waals surface area contributed by atoms with Gasteiger partial charge in [0.1, 0.15) is 24.2 Å². The second kappa shape index (κ2) is 5.97. The van der Waals surface area contributed by atoms with Crippen LogP contribution < -0.4 is 9.47 Å². The topological polar surface area (TPSA) is 38.7 Å². The van der Waals surface area contributed by atoms with Crippen LogP contribution in [0.15, 0.2) is 48.5 Å². The average molecular weight is 270 g/mol.